The Kier molecular flexibility index (Phi) is 9.42. The molecule has 3 aromatic carbocycles. The van der Waals surface area contributed by atoms with Crippen LogP contribution in [0.3, 0.4) is 0 Å². The molecule has 35 heavy (non-hydrogen) atoms. The first kappa shape index (κ1) is 27.4. The minimum absolute atomic E-state index is 0.107. The zero-order chi connectivity index (χ0) is 26.2. The monoisotopic (exact) mass is 496 g/mol. The maximum Gasteiger partial charge on any atom is 0.409 e. The number of rotatable bonds is 7. The van der Waals surface area contributed by atoms with Gasteiger partial charge in [-0.1, -0.05) is 56.3 Å². The lowest BCUT2D eigenvalue weighted by Crippen LogP contribution is -2.21. The van der Waals surface area contributed by atoms with Crippen molar-refractivity contribution in [1.29, 1.82) is 5.41 Å². The quantitative estimate of drug-likeness (QED) is 0.222. The first-order chi connectivity index (χ1) is 16.4. The third-order valence-electron chi connectivity index (χ3n) is 5.30. The van der Waals surface area contributed by atoms with Crippen LogP contribution in [-0.4, -0.2) is 37.8 Å². The maximum atomic E-state index is 11.7. The summed E-state index contributed by atoms with van der Waals surface area (Å²) in [5, 5.41) is 21.6. The molecule has 1 amide bonds. The largest absolute Gasteiger partial charge is 0.465 e. The zero-order valence-corrected chi connectivity index (χ0v) is 21.1. The molecule has 0 bridgehead atoms. The summed E-state index contributed by atoms with van der Waals surface area (Å²) < 4.78 is 23.5. The standard InChI is InChI=1S/C14H13NO4S.C12H19N3/c1-20(18,19)13-5-3-2-4-12(13)10-6-8-11(9-7-10)15-14(16)17;1-8(2)9(3)15-11-6-4-5-10(7-11)12(13)14/h2-9,15H,1H3,(H,16,17);4-9,15H,1-3H3,(H3,13,14)/t;9-/m.0/s1. The Hall–Kier alpha value is -3.85. The lowest BCUT2D eigenvalue weighted by atomic mass is 10.1. The SMILES string of the molecule is CC(C)[C@H](C)Nc1cccc(C(=N)N)c1.CS(=O)(=O)c1ccccc1-c1ccc(NC(=O)O)cc1. The van der Waals surface area contributed by atoms with E-state index in [1.54, 1.807) is 48.5 Å². The Morgan fingerprint density at radius 1 is 0.943 bits per heavy atom. The van der Waals surface area contributed by atoms with Gasteiger partial charge in [0.25, 0.3) is 0 Å². The summed E-state index contributed by atoms with van der Waals surface area (Å²) in [6, 6.07) is 21.3. The molecule has 0 radical (unpaired) electrons. The number of benzene rings is 3. The van der Waals surface area contributed by atoms with Crippen LogP contribution in [0.5, 0.6) is 0 Å². The minimum Gasteiger partial charge on any atom is -0.465 e. The highest BCUT2D eigenvalue weighted by Crippen LogP contribution is 2.28. The van der Waals surface area contributed by atoms with E-state index in [9.17, 15) is 13.2 Å². The van der Waals surface area contributed by atoms with Gasteiger partial charge in [-0.05, 0) is 48.7 Å². The Morgan fingerprint density at radius 3 is 2.11 bits per heavy atom. The van der Waals surface area contributed by atoms with Gasteiger partial charge in [0.15, 0.2) is 9.84 Å². The van der Waals surface area contributed by atoms with Crippen LogP contribution in [0.2, 0.25) is 0 Å². The Balaban J connectivity index is 0.000000258. The van der Waals surface area contributed by atoms with Crippen LogP contribution < -0.4 is 16.4 Å². The number of nitrogen functional groups attached to an aromatic ring is 1. The molecule has 0 spiro atoms. The molecule has 0 aliphatic rings. The van der Waals surface area contributed by atoms with E-state index in [1.165, 1.54) is 0 Å². The summed E-state index contributed by atoms with van der Waals surface area (Å²) >= 11 is 0. The fourth-order valence-corrected chi connectivity index (χ4v) is 4.00. The first-order valence-electron chi connectivity index (χ1n) is 11.0. The summed E-state index contributed by atoms with van der Waals surface area (Å²) in [5.41, 5.74) is 8.94. The molecule has 0 saturated carbocycles. The van der Waals surface area contributed by atoms with Crippen molar-refractivity contribution in [2.45, 2.75) is 31.7 Å². The molecular weight excluding hydrogens is 464 g/mol. The van der Waals surface area contributed by atoms with E-state index in [4.69, 9.17) is 16.2 Å². The van der Waals surface area contributed by atoms with Crippen molar-refractivity contribution in [1.82, 2.24) is 0 Å². The number of nitrogens with two attached hydrogens (primary N) is 1. The molecule has 0 heterocycles. The average molecular weight is 497 g/mol. The molecule has 9 heteroatoms. The van der Waals surface area contributed by atoms with Crippen LogP contribution in [0.1, 0.15) is 26.3 Å². The third kappa shape index (κ3) is 8.46. The second-order valence-corrected chi connectivity index (χ2v) is 10.4. The second-order valence-electron chi connectivity index (χ2n) is 8.45. The van der Waals surface area contributed by atoms with E-state index in [0.29, 0.717) is 28.8 Å². The molecule has 6 N–H and O–H groups in total. The van der Waals surface area contributed by atoms with Crippen molar-refractivity contribution in [3.05, 3.63) is 78.4 Å². The number of hydrogen-bond donors (Lipinski definition) is 5. The summed E-state index contributed by atoms with van der Waals surface area (Å²) in [6.07, 6.45) is 0.0147. The highest BCUT2D eigenvalue weighted by atomic mass is 32.2. The van der Waals surface area contributed by atoms with Gasteiger partial charge in [-0.15, -0.1) is 0 Å². The van der Waals surface area contributed by atoms with Gasteiger partial charge < -0.3 is 16.2 Å². The molecule has 0 fully saturated rings. The van der Waals surface area contributed by atoms with Crippen LogP contribution in [0.4, 0.5) is 16.2 Å². The van der Waals surface area contributed by atoms with Gasteiger partial charge in [0.1, 0.15) is 5.84 Å². The Morgan fingerprint density at radius 2 is 1.57 bits per heavy atom. The summed E-state index contributed by atoms with van der Waals surface area (Å²) in [4.78, 5) is 10.8. The van der Waals surface area contributed by atoms with Gasteiger partial charge >= 0.3 is 6.09 Å². The van der Waals surface area contributed by atoms with Crippen LogP contribution >= 0.6 is 0 Å². The summed E-state index contributed by atoms with van der Waals surface area (Å²) in [5.74, 6) is 0.682. The number of nitrogens with one attached hydrogen (secondary N) is 3. The van der Waals surface area contributed by atoms with Gasteiger partial charge in [0, 0.05) is 34.8 Å². The van der Waals surface area contributed by atoms with Gasteiger partial charge in [-0.3, -0.25) is 10.7 Å². The van der Waals surface area contributed by atoms with E-state index in [0.717, 1.165) is 17.5 Å². The van der Waals surface area contributed by atoms with Crippen molar-refractivity contribution in [3.8, 4) is 11.1 Å². The number of carbonyl (C=O) groups is 1. The number of amides is 1. The molecule has 1 atom stereocenters. The maximum absolute atomic E-state index is 11.7. The molecule has 186 valence electrons. The van der Waals surface area contributed by atoms with Gasteiger partial charge in [0.2, 0.25) is 0 Å². The molecule has 3 rings (SSSR count). The summed E-state index contributed by atoms with van der Waals surface area (Å²) in [6.45, 7) is 6.49. The molecule has 0 aliphatic heterocycles. The van der Waals surface area contributed by atoms with Gasteiger partial charge in [-0.2, -0.15) is 0 Å². The number of anilines is 2. The van der Waals surface area contributed by atoms with Crippen molar-refractivity contribution in [3.63, 3.8) is 0 Å². The van der Waals surface area contributed by atoms with E-state index < -0.39 is 15.9 Å². The molecule has 0 unspecified atom stereocenters. The van der Waals surface area contributed by atoms with Crippen LogP contribution in [-0.2, 0) is 9.84 Å². The van der Waals surface area contributed by atoms with E-state index in [2.05, 4.69) is 31.4 Å². The molecular formula is C26H32N4O4S. The smallest absolute Gasteiger partial charge is 0.409 e. The highest BCUT2D eigenvalue weighted by Gasteiger charge is 2.13. The molecule has 0 saturated heterocycles. The topological polar surface area (TPSA) is 145 Å². The normalized spacial score (nSPS) is 11.7. The van der Waals surface area contributed by atoms with Crippen LogP contribution in [0.15, 0.2) is 77.7 Å². The van der Waals surface area contributed by atoms with Crippen molar-refractivity contribution < 1.29 is 18.3 Å². The minimum atomic E-state index is -3.32. The second kappa shape index (κ2) is 12.0. The number of hydrogen-bond acceptors (Lipinski definition) is 5. The predicted octanol–water partition coefficient (Wildman–Crippen LogP) is 5.27. The van der Waals surface area contributed by atoms with Crippen molar-refractivity contribution >= 4 is 33.1 Å². The van der Waals surface area contributed by atoms with Gasteiger partial charge in [-0.25, -0.2) is 13.2 Å². The average Bonchev–Trinajstić information content (AvgIpc) is 2.79. The number of amidine groups is 1. The molecule has 3 aromatic rings. The van der Waals surface area contributed by atoms with Crippen molar-refractivity contribution in [2.75, 3.05) is 16.9 Å². The first-order valence-corrected chi connectivity index (χ1v) is 12.9. The lowest BCUT2D eigenvalue weighted by Gasteiger charge is -2.19. The van der Waals surface area contributed by atoms with Crippen LogP contribution in [0.25, 0.3) is 11.1 Å². The fraction of sp³-hybridized carbons (Fsp3) is 0.231. The predicted molar refractivity (Wildman–Crippen MR) is 142 cm³/mol. The number of sulfone groups is 1. The highest BCUT2D eigenvalue weighted by molar-refractivity contribution is 7.90. The van der Waals surface area contributed by atoms with Gasteiger partial charge in [0.05, 0.1) is 4.90 Å². The molecule has 8 nitrogen and oxygen atoms in total. The van der Waals surface area contributed by atoms with Crippen LogP contribution in [0, 0.1) is 11.3 Å². The molecule has 0 aromatic heterocycles. The lowest BCUT2D eigenvalue weighted by molar-refractivity contribution is 0.209. The van der Waals surface area contributed by atoms with Crippen molar-refractivity contribution in [2.24, 2.45) is 11.7 Å². The van der Waals surface area contributed by atoms with E-state index in [-0.39, 0.29) is 10.7 Å². The Bertz CT molecular complexity index is 1270. The molecule has 0 aliphatic carbocycles. The third-order valence-corrected chi connectivity index (χ3v) is 6.46. The zero-order valence-electron chi connectivity index (χ0n) is 20.2. The fourth-order valence-electron chi connectivity index (χ4n) is 3.09. The van der Waals surface area contributed by atoms with E-state index in [1.807, 2.05) is 24.3 Å². The number of carboxylic acid groups (broad SMARTS) is 1. The Labute approximate surface area is 206 Å². The van der Waals surface area contributed by atoms with E-state index >= 15 is 0 Å². The summed E-state index contributed by atoms with van der Waals surface area (Å²) in [7, 11) is -3.32.